The Bertz CT molecular complexity index is 662. The lowest BCUT2D eigenvalue weighted by atomic mass is 10.2. The highest BCUT2D eigenvalue weighted by molar-refractivity contribution is 6.34. The summed E-state index contributed by atoms with van der Waals surface area (Å²) in [6.07, 6.45) is 1.48. The quantitative estimate of drug-likeness (QED) is 0.482. The van der Waals surface area contributed by atoms with Crippen molar-refractivity contribution in [3.8, 4) is 5.75 Å². The van der Waals surface area contributed by atoms with Gasteiger partial charge in [-0.25, -0.2) is 4.98 Å². The van der Waals surface area contributed by atoms with Gasteiger partial charge >= 0.3 is 5.69 Å². The van der Waals surface area contributed by atoms with Crippen molar-refractivity contribution in [2.75, 3.05) is 0 Å². The summed E-state index contributed by atoms with van der Waals surface area (Å²) in [6, 6.07) is 6.24. The maximum atomic E-state index is 11.0. The van der Waals surface area contributed by atoms with E-state index in [0.717, 1.165) is 0 Å². The highest BCUT2D eigenvalue weighted by Gasteiger charge is 2.17. The number of hydrogen-bond donors (Lipinski definition) is 0. The smallest absolute Gasteiger partial charge is 0.311 e. The first-order chi connectivity index (χ1) is 9.49. The second kappa shape index (κ2) is 6.07. The predicted molar refractivity (Wildman–Crippen MR) is 76.4 cm³/mol. The van der Waals surface area contributed by atoms with Crippen molar-refractivity contribution in [1.82, 2.24) is 4.98 Å². The Balaban J connectivity index is 2.25. The molecule has 0 saturated heterocycles. The molecule has 1 heterocycles. The average molecular weight is 313 g/mol. The molecule has 0 bridgehead atoms. The first kappa shape index (κ1) is 14.6. The van der Waals surface area contributed by atoms with Crippen molar-refractivity contribution < 1.29 is 9.66 Å². The van der Waals surface area contributed by atoms with Gasteiger partial charge in [-0.1, -0.05) is 35.3 Å². The zero-order chi connectivity index (χ0) is 14.7. The zero-order valence-electron chi connectivity index (χ0n) is 10.5. The molecular weight excluding hydrogens is 303 g/mol. The van der Waals surface area contributed by atoms with E-state index in [0.29, 0.717) is 16.1 Å². The molecule has 0 aliphatic heterocycles. The second-order valence-electron chi connectivity index (χ2n) is 4.07. The number of pyridine rings is 1. The van der Waals surface area contributed by atoms with Crippen LogP contribution in [0.4, 0.5) is 5.69 Å². The van der Waals surface area contributed by atoms with E-state index in [9.17, 15) is 10.1 Å². The summed E-state index contributed by atoms with van der Waals surface area (Å²) >= 11 is 11.7. The first-order valence-electron chi connectivity index (χ1n) is 5.65. The van der Waals surface area contributed by atoms with E-state index in [4.69, 9.17) is 27.9 Å². The van der Waals surface area contributed by atoms with E-state index in [1.165, 1.54) is 18.3 Å². The summed E-state index contributed by atoms with van der Waals surface area (Å²) in [5.41, 5.74) is 1.20. The summed E-state index contributed by atoms with van der Waals surface area (Å²) in [5, 5.41) is 11.6. The van der Waals surface area contributed by atoms with Gasteiger partial charge in [-0.05, 0) is 18.6 Å². The number of nitro groups is 1. The van der Waals surface area contributed by atoms with Gasteiger partial charge in [-0.2, -0.15) is 0 Å². The van der Waals surface area contributed by atoms with Crippen molar-refractivity contribution in [1.29, 1.82) is 0 Å². The minimum Gasteiger partial charge on any atom is -0.482 e. The molecule has 5 nitrogen and oxygen atoms in total. The fraction of sp³-hybridized carbons (Fsp3) is 0.154. The number of nitrogens with zero attached hydrogens (tertiary/aromatic N) is 2. The lowest BCUT2D eigenvalue weighted by molar-refractivity contribution is -0.386. The van der Waals surface area contributed by atoms with Gasteiger partial charge in [0, 0.05) is 17.8 Å². The van der Waals surface area contributed by atoms with Crippen LogP contribution in [0.2, 0.25) is 10.2 Å². The molecule has 0 aliphatic rings. The number of aryl methyl sites for hydroxylation is 1. The lowest BCUT2D eigenvalue weighted by Crippen LogP contribution is -2.02. The molecule has 0 aliphatic carbocycles. The number of ether oxygens (including phenoxy) is 1. The van der Waals surface area contributed by atoms with Crippen LogP contribution in [0.5, 0.6) is 5.75 Å². The van der Waals surface area contributed by atoms with Crippen LogP contribution < -0.4 is 4.74 Å². The summed E-state index contributed by atoms with van der Waals surface area (Å²) in [6.45, 7) is 1.82. The lowest BCUT2D eigenvalue weighted by Gasteiger charge is -2.10. The van der Waals surface area contributed by atoms with Gasteiger partial charge in [0.15, 0.2) is 5.75 Å². The molecule has 0 N–H and O–H groups in total. The van der Waals surface area contributed by atoms with Crippen molar-refractivity contribution in [3.05, 3.63) is 61.9 Å². The normalized spacial score (nSPS) is 10.3. The van der Waals surface area contributed by atoms with E-state index in [1.54, 1.807) is 19.1 Å². The molecule has 104 valence electrons. The maximum absolute atomic E-state index is 11.0. The standard InChI is InChI=1S/C13H10Cl2N2O3/c1-8-3-2-4-11(17(18)19)13(8)20-7-9-6-16-12(15)5-10(9)14/h2-6H,7H2,1H3. The number of para-hydroxylation sites is 1. The van der Waals surface area contributed by atoms with E-state index in [2.05, 4.69) is 4.98 Å². The van der Waals surface area contributed by atoms with E-state index in [1.807, 2.05) is 0 Å². The number of aromatic nitrogens is 1. The Labute approximate surface area is 125 Å². The SMILES string of the molecule is Cc1cccc([N+](=O)[O-])c1OCc1cnc(Cl)cc1Cl. The average Bonchev–Trinajstić information content (AvgIpc) is 2.38. The number of rotatable bonds is 4. The molecular formula is C13H10Cl2N2O3. The summed E-state index contributed by atoms with van der Waals surface area (Å²) in [5.74, 6) is 0.225. The maximum Gasteiger partial charge on any atom is 0.311 e. The first-order valence-corrected chi connectivity index (χ1v) is 6.41. The van der Waals surface area contributed by atoms with Gasteiger partial charge < -0.3 is 4.74 Å². The minimum atomic E-state index is -0.482. The Morgan fingerprint density at radius 2 is 2.15 bits per heavy atom. The molecule has 7 heteroatoms. The van der Waals surface area contributed by atoms with Gasteiger partial charge in [-0.15, -0.1) is 0 Å². The molecule has 20 heavy (non-hydrogen) atoms. The van der Waals surface area contributed by atoms with Crippen molar-refractivity contribution in [3.63, 3.8) is 0 Å². The molecule has 0 spiro atoms. The van der Waals surface area contributed by atoms with Crippen LogP contribution in [0.25, 0.3) is 0 Å². The molecule has 1 aromatic carbocycles. The molecule has 2 aromatic rings. The fourth-order valence-corrected chi connectivity index (χ4v) is 2.08. The topological polar surface area (TPSA) is 65.3 Å². The Morgan fingerprint density at radius 1 is 1.40 bits per heavy atom. The molecule has 2 rings (SSSR count). The Morgan fingerprint density at radius 3 is 2.80 bits per heavy atom. The Hall–Kier alpha value is -1.85. The molecule has 0 amide bonds. The number of hydrogen-bond acceptors (Lipinski definition) is 4. The predicted octanol–water partition coefficient (Wildman–Crippen LogP) is 4.18. The van der Waals surface area contributed by atoms with Crippen LogP contribution in [0, 0.1) is 17.0 Å². The van der Waals surface area contributed by atoms with E-state index >= 15 is 0 Å². The van der Waals surface area contributed by atoms with Crippen molar-refractivity contribution in [2.45, 2.75) is 13.5 Å². The molecule has 0 atom stereocenters. The third kappa shape index (κ3) is 3.18. The van der Waals surface area contributed by atoms with Gasteiger partial charge in [0.1, 0.15) is 11.8 Å². The third-order valence-corrected chi connectivity index (χ3v) is 3.21. The van der Waals surface area contributed by atoms with Crippen LogP contribution in [-0.2, 0) is 6.61 Å². The Kier molecular flexibility index (Phi) is 4.42. The van der Waals surface area contributed by atoms with E-state index < -0.39 is 4.92 Å². The molecule has 0 fully saturated rings. The molecule has 0 unspecified atom stereocenters. The van der Waals surface area contributed by atoms with Crippen molar-refractivity contribution in [2.24, 2.45) is 0 Å². The highest BCUT2D eigenvalue weighted by atomic mass is 35.5. The monoisotopic (exact) mass is 312 g/mol. The van der Waals surface area contributed by atoms with Gasteiger partial charge in [0.2, 0.25) is 0 Å². The number of nitro benzene ring substituents is 1. The van der Waals surface area contributed by atoms with Gasteiger partial charge in [0.05, 0.1) is 9.95 Å². The van der Waals surface area contributed by atoms with Crippen LogP contribution in [0.3, 0.4) is 0 Å². The van der Waals surface area contributed by atoms with Crippen LogP contribution in [0.15, 0.2) is 30.5 Å². The van der Waals surface area contributed by atoms with Gasteiger partial charge in [-0.3, -0.25) is 10.1 Å². The minimum absolute atomic E-state index is 0.0781. The van der Waals surface area contributed by atoms with Crippen LogP contribution in [-0.4, -0.2) is 9.91 Å². The fourth-order valence-electron chi connectivity index (χ4n) is 1.66. The summed E-state index contributed by atoms with van der Waals surface area (Å²) in [7, 11) is 0. The van der Waals surface area contributed by atoms with Crippen molar-refractivity contribution >= 4 is 28.9 Å². The zero-order valence-corrected chi connectivity index (χ0v) is 12.0. The molecule has 0 radical (unpaired) electrons. The summed E-state index contributed by atoms with van der Waals surface area (Å²) in [4.78, 5) is 14.4. The largest absolute Gasteiger partial charge is 0.482 e. The second-order valence-corrected chi connectivity index (χ2v) is 4.86. The number of benzene rings is 1. The molecule has 1 aromatic heterocycles. The summed E-state index contributed by atoms with van der Waals surface area (Å²) < 4.78 is 5.53. The van der Waals surface area contributed by atoms with E-state index in [-0.39, 0.29) is 23.2 Å². The van der Waals surface area contributed by atoms with Gasteiger partial charge in [0.25, 0.3) is 0 Å². The highest BCUT2D eigenvalue weighted by Crippen LogP contribution is 2.31. The van der Waals surface area contributed by atoms with Crippen LogP contribution >= 0.6 is 23.2 Å². The molecule has 0 saturated carbocycles. The van der Waals surface area contributed by atoms with Crippen LogP contribution in [0.1, 0.15) is 11.1 Å². The number of halogens is 2. The third-order valence-electron chi connectivity index (χ3n) is 2.66.